The summed E-state index contributed by atoms with van der Waals surface area (Å²) in [5, 5.41) is 0. The SMILES string of the molecule is Cc1ccc(Br)cc1C(=O)N(C)CCCN(C)C. The van der Waals surface area contributed by atoms with Gasteiger partial charge in [0.25, 0.3) is 5.91 Å². The summed E-state index contributed by atoms with van der Waals surface area (Å²) >= 11 is 3.41. The lowest BCUT2D eigenvalue weighted by Gasteiger charge is -2.19. The summed E-state index contributed by atoms with van der Waals surface area (Å²) in [5.41, 5.74) is 1.79. The normalized spacial score (nSPS) is 10.8. The number of benzene rings is 1. The maximum Gasteiger partial charge on any atom is 0.253 e. The number of hydrogen-bond donors (Lipinski definition) is 0. The van der Waals surface area contributed by atoms with Gasteiger partial charge in [-0.25, -0.2) is 0 Å². The molecule has 0 bridgehead atoms. The van der Waals surface area contributed by atoms with E-state index >= 15 is 0 Å². The molecule has 0 N–H and O–H groups in total. The van der Waals surface area contributed by atoms with Crippen molar-refractivity contribution in [2.45, 2.75) is 13.3 Å². The van der Waals surface area contributed by atoms with Crippen LogP contribution >= 0.6 is 15.9 Å². The van der Waals surface area contributed by atoms with Crippen LogP contribution in [-0.4, -0.2) is 49.9 Å². The summed E-state index contributed by atoms with van der Waals surface area (Å²) in [6, 6.07) is 5.81. The molecule has 0 saturated heterocycles. The summed E-state index contributed by atoms with van der Waals surface area (Å²) in [6.07, 6.45) is 0.988. The molecule has 1 rings (SSSR count). The quantitative estimate of drug-likeness (QED) is 0.834. The van der Waals surface area contributed by atoms with Gasteiger partial charge >= 0.3 is 0 Å². The van der Waals surface area contributed by atoms with E-state index in [0.717, 1.165) is 35.1 Å². The van der Waals surface area contributed by atoms with Crippen LogP contribution in [0.15, 0.2) is 22.7 Å². The van der Waals surface area contributed by atoms with Gasteiger partial charge < -0.3 is 9.80 Å². The van der Waals surface area contributed by atoms with E-state index in [1.807, 2.05) is 46.3 Å². The first-order valence-electron chi connectivity index (χ1n) is 6.08. The number of carbonyl (C=O) groups excluding carboxylic acids is 1. The predicted octanol–water partition coefficient (Wildman–Crippen LogP) is 2.78. The molecule has 0 radical (unpaired) electrons. The van der Waals surface area contributed by atoms with Crippen molar-refractivity contribution in [1.82, 2.24) is 9.80 Å². The van der Waals surface area contributed by atoms with Gasteiger partial charge in [0.1, 0.15) is 0 Å². The first-order chi connectivity index (χ1) is 8.41. The summed E-state index contributed by atoms with van der Waals surface area (Å²) in [4.78, 5) is 16.2. The number of nitrogens with zero attached hydrogens (tertiary/aromatic N) is 2. The van der Waals surface area contributed by atoms with Crippen LogP contribution in [0.3, 0.4) is 0 Å². The summed E-state index contributed by atoms with van der Waals surface area (Å²) < 4.78 is 0.943. The molecular weight excluding hydrogens is 292 g/mol. The zero-order chi connectivity index (χ0) is 13.7. The maximum atomic E-state index is 12.3. The molecule has 1 aromatic rings. The van der Waals surface area contributed by atoms with Crippen LogP contribution in [0.5, 0.6) is 0 Å². The molecule has 18 heavy (non-hydrogen) atoms. The molecular formula is C14H21BrN2O. The first kappa shape index (κ1) is 15.2. The minimum absolute atomic E-state index is 0.0903. The van der Waals surface area contributed by atoms with Gasteiger partial charge in [-0.1, -0.05) is 22.0 Å². The summed E-state index contributed by atoms with van der Waals surface area (Å²) in [7, 11) is 5.94. The van der Waals surface area contributed by atoms with Gasteiger partial charge in [0.15, 0.2) is 0 Å². The Bertz CT molecular complexity index is 418. The molecule has 1 amide bonds. The Morgan fingerprint density at radius 2 is 1.89 bits per heavy atom. The van der Waals surface area contributed by atoms with Crippen LogP contribution in [0.2, 0.25) is 0 Å². The van der Waals surface area contributed by atoms with Crippen molar-refractivity contribution in [1.29, 1.82) is 0 Å². The van der Waals surface area contributed by atoms with Crippen molar-refractivity contribution >= 4 is 21.8 Å². The van der Waals surface area contributed by atoms with Crippen molar-refractivity contribution in [3.05, 3.63) is 33.8 Å². The lowest BCUT2D eigenvalue weighted by molar-refractivity contribution is 0.0790. The number of carbonyl (C=O) groups is 1. The number of aryl methyl sites for hydroxylation is 1. The van der Waals surface area contributed by atoms with E-state index in [4.69, 9.17) is 0 Å². The van der Waals surface area contributed by atoms with Crippen LogP contribution in [-0.2, 0) is 0 Å². The highest BCUT2D eigenvalue weighted by molar-refractivity contribution is 9.10. The van der Waals surface area contributed by atoms with Crippen LogP contribution in [0.1, 0.15) is 22.3 Å². The Hall–Kier alpha value is -0.870. The Morgan fingerprint density at radius 1 is 1.22 bits per heavy atom. The van der Waals surface area contributed by atoms with Crippen molar-refractivity contribution in [3.63, 3.8) is 0 Å². The van der Waals surface area contributed by atoms with Gasteiger partial charge in [0.2, 0.25) is 0 Å². The summed E-state index contributed by atoms with van der Waals surface area (Å²) in [6.45, 7) is 3.74. The molecule has 0 heterocycles. The fourth-order valence-corrected chi connectivity index (χ4v) is 2.12. The molecule has 1 aromatic carbocycles. The Balaban J connectivity index is 2.65. The molecule has 4 heteroatoms. The Labute approximate surface area is 118 Å². The van der Waals surface area contributed by atoms with Crippen LogP contribution in [0.25, 0.3) is 0 Å². The van der Waals surface area contributed by atoms with Gasteiger partial charge in [0.05, 0.1) is 0 Å². The molecule has 0 spiro atoms. The molecule has 100 valence electrons. The third-order valence-electron chi connectivity index (χ3n) is 2.88. The third-order valence-corrected chi connectivity index (χ3v) is 3.37. The largest absolute Gasteiger partial charge is 0.342 e. The number of rotatable bonds is 5. The second kappa shape index (κ2) is 6.90. The first-order valence-corrected chi connectivity index (χ1v) is 6.87. The fraction of sp³-hybridized carbons (Fsp3) is 0.500. The average molecular weight is 313 g/mol. The van der Waals surface area contributed by atoms with Crippen LogP contribution < -0.4 is 0 Å². The van der Waals surface area contributed by atoms with Crippen molar-refractivity contribution in [2.24, 2.45) is 0 Å². The highest BCUT2D eigenvalue weighted by atomic mass is 79.9. The van der Waals surface area contributed by atoms with Crippen LogP contribution in [0, 0.1) is 6.92 Å². The lowest BCUT2D eigenvalue weighted by Crippen LogP contribution is -2.30. The molecule has 0 atom stereocenters. The van der Waals surface area contributed by atoms with Crippen molar-refractivity contribution < 1.29 is 4.79 Å². The van der Waals surface area contributed by atoms with E-state index in [9.17, 15) is 4.79 Å². The summed E-state index contributed by atoms with van der Waals surface area (Å²) in [5.74, 6) is 0.0903. The second-order valence-electron chi connectivity index (χ2n) is 4.84. The molecule has 0 aliphatic rings. The Kier molecular flexibility index (Phi) is 5.82. The van der Waals surface area contributed by atoms with E-state index < -0.39 is 0 Å². The molecule has 0 aromatic heterocycles. The highest BCUT2D eigenvalue weighted by Crippen LogP contribution is 2.17. The van der Waals surface area contributed by atoms with Gasteiger partial charge in [-0.3, -0.25) is 4.79 Å². The third kappa shape index (κ3) is 4.42. The van der Waals surface area contributed by atoms with E-state index in [1.165, 1.54) is 0 Å². The zero-order valence-electron chi connectivity index (χ0n) is 11.5. The number of hydrogen-bond acceptors (Lipinski definition) is 2. The number of halogens is 1. The minimum Gasteiger partial charge on any atom is -0.342 e. The van der Waals surface area contributed by atoms with Gasteiger partial charge in [-0.2, -0.15) is 0 Å². The Morgan fingerprint density at radius 3 is 2.50 bits per heavy atom. The van der Waals surface area contributed by atoms with E-state index in [0.29, 0.717) is 0 Å². The molecule has 0 fully saturated rings. The second-order valence-corrected chi connectivity index (χ2v) is 5.76. The van der Waals surface area contributed by atoms with Crippen molar-refractivity contribution in [2.75, 3.05) is 34.2 Å². The molecule has 0 saturated carbocycles. The van der Waals surface area contributed by atoms with E-state index in [2.05, 4.69) is 20.8 Å². The zero-order valence-corrected chi connectivity index (χ0v) is 13.1. The van der Waals surface area contributed by atoms with Crippen LogP contribution in [0.4, 0.5) is 0 Å². The minimum atomic E-state index is 0.0903. The molecule has 3 nitrogen and oxygen atoms in total. The molecule has 0 aliphatic heterocycles. The highest BCUT2D eigenvalue weighted by Gasteiger charge is 2.14. The lowest BCUT2D eigenvalue weighted by atomic mass is 10.1. The van der Waals surface area contributed by atoms with E-state index in [1.54, 1.807) is 4.90 Å². The maximum absolute atomic E-state index is 12.3. The average Bonchev–Trinajstić information content (AvgIpc) is 2.30. The van der Waals surface area contributed by atoms with E-state index in [-0.39, 0.29) is 5.91 Å². The monoisotopic (exact) mass is 312 g/mol. The molecule has 0 aliphatic carbocycles. The fourth-order valence-electron chi connectivity index (χ4n) is 1.76. The topological polar surface area (TPSA) is 23.6 Å². The van der Waals surface area contributed by atoms with Crippen molar-refractivity contribution in [3.8, 4) is 0 Å². The molecule has 0 unspecified atom stereocenters. The predicted molar refractivity (Wildman–Crippen MR) is 79.0 cm³/mol. The standard InChI is InChI=1S/C14H21BrN2O/c1-11-6-7-12(15)10-13(11)14(18)17(4)9-5-8-16(2)3/h6-7,10H,5,8-9H2,1-4H3. The van der Waals surface area contributed by atoms with Gasteiger partial charge in [-0.05, 0) is 51.7 Å². The van der Waals surface area contributed by atoms with Gasteiger partial charge in [-0.15, -0.1) is 0 Å². The number of amides is 1. The smallest absolute Gasteiger partial charge is 0.253 e. The van der Waals surface area contributed by atoms with Gasteiger partial charge in [0, 0.05) is 23.6 Å².